The van der Waals surface area contributed by atoms with Crippen molar-refractivity contribution < 1.29 is 9.18 Å². The van der Waals surface area contributed by atoms with Crippen LogP contribution in [0.1, 0.15) is 24.0 Å². The number of carbonyl (C=O) groups excluding carboxylic acids is 1. The van der Waals surface area contributed by atoms with E-state index in [1.165, 1.54) is 0 Å². The fraction of sp³-hybridized carbons (Fsp3) is 0.533. The second-order valence-corrected chi connectivity index (χ2v) is 6.59. The van der Waals surface area contributed by atoms with Crippen molar-refractivity contribution in [3.63, 3.8) is 0 Å². The van der Waals surface area contributed by atoms with Crippen LogP contribution in [0.25, 0.3) is 0 Å². The summed E-state index contributed by atoms with van der Waals surface area (Å²) in [5.41, 5.74) is 2.09. The van der Waals surface area contributed by atoms with Gasteiger partial charge in [0.1, 0.15) is 5.82 Å². The van der Waals surface area contributed by atoms with Gasteiger partial charge in [0.05, 0.1) is 5.69 Å². The van der Waals surface area contributed by atoms with Crippen molar-refractivity contribution in [2.45, 2.75) is 25.8 Å². The number of amides is 1. The molecule has 0 saturated carbocycles. The molecule has 0 bridgehead atoms. The highest BCUT2D eigenvalue weighted by molar-refractivity contribution is 7.99. The molecule has 20 heavy (non-hydrogen) atoms. The molecule has 2 N–H and O–H groups in total. The van der Waals surface area contributed by atoms with Crippen LogP contribution in [0.15, 0.2) is 12.1 Å². The quantitative estimate of drug-likeness (QED) is 0.881. The van der Waals surface area contributed by atoms with E-state index in [1.54, 1.807) is 6.07 Å². The van der Waals surface area contributed by atoms with Crippen molar-refractivity contribution in [2.24, 2.45) is 5.92 Å². The molecule has 2 heterocycles. The van der Waals surface area contributed by atoms with Crippen molar-refractivity contribution in [1.82, 2.24) is 5.32 Å². The molecule has 1 saturated heterocycles. The highest BCUT2D eigenvalue weighted by Crippen LogP contribution is 2.27. The summed E-state index contributed by atoms with van der Waals surface area (Å²) in [6, 6.07) is 3.60. The Labute approximate surface area is 122 Å². The van der Waals surface area contributed by atoms with Gasteiger partial charge in [-0.15, -0.1) is 0 Å². The summed E-state index contributed by atoms with van der Waals surface area (Å²) in [6.07, 6.45) is 2.48. The van der Waals surface area contributed by atoms with E-state index in [-0.39, 0.29) is 17.6 Å². The average Bonchev–Trinajstić information content (AvgIpc) is 2.51. The van der Waals surface area contributed by atoms with Crippen molar-refractivity contribution in [3.8, 4) is 0 Å². The van der Waals surface area contributed by atoms with Gasteiger partial charge >= 0.3 is 0 Å². The van der Waals surface area contributed by atoms with E-state index in [4.69, 9.17) is 0 Å². The highest BCUT2D eigenvalue weighted by Gasteiger charge is 2.23. The van der Waals surface area contributed by atoms with E-state index in [2.05, 4.69) is 10.6 Å². The summed E-state index contributed by atoms with van der Waals surface area (Å²) in [5.74, 6) is 1.81. The summed E-state index contributed by atoms with van der Waals surface area (Å²) in [4.78, 5) is 12.2. The van der Waals surface area contributed by atoms with Crippen LogP contribution in [0.5, 0.6) is 0 Å². The van der Waals surface area contributed by atoms with Crippen LogP contribution in [0.4, 0.5) is 10.1 Å². The number of benzene rings is 1. The summed E-state index contributed by atoms with van der Waals surface area (Å²) in [7, 11) is 0. The standard InChI is InChI=1S/C15H19FN2OS/c16-14-12-3-6-17-9-11(12)1-2-13(14)18-15(19)10-4-7-20-8-5-10/h1-2,10,17H,3-9H2,(H,18,19). The molecule has 1 aromatic rings. The molecule has 5 heteroatoms. The Balaban J connectivity index is 1.75. The molecule has 3 nitrogen and oxygen atoms in total. The number of fused-ring (bicyclic) bond motifs is 1. The first-order valence-corrected chi connectivity index (χ1v) is 8.31. The van der Waals surface area contributed by atoms with E-state index >= 15 is 0 Å². The number of thioether (sulfide) groups is 1. The Hall–Kier alpha value is -1.07. The van der Waals surface area contributed by atoms with Crippen LogP contribution in [0.2, 0.25) is 0 Å². The van der Waals surface area contributed by atoms with Gasteiger partial charge in [0.2, 0.25) is 5.91 Å². The van der Waals surface area contributed by atoms with E-state index in [0.29, 0.717) is 18.7 Å². The zero-order valence-corrected chi connectivity index (χ0v) is 12.2. The number of hydrogen-bond donors (Lipinski definition) is 2. The summed E-state index contributed by atoms with van der Waals surface area (Å²) in [5, 5.41) is 6.01. The van der Waals surface area contributed by atoms with E-state index in [0.717, 1.165) is 42.0 Å². The van der Waals surface area contributed by atoms with Crippen LogP contribution in [0, 0.1) is 11.7 Å². The lowest BCUT2D eigenvalue weighted by molar-refractivity contribution is -0.120. The van der Waals surface area contributed by atoms with E-state index in [1.807, 2.05) is 17.8 Å². The van der Waals surface area contributed by atoms with Crippen molar-refractivity contribution in [1.29, 1.82) is 0 Å². The molecule has 1 fully saturated rings. The molecule has 1 amide bonds. The minimum atomic E-state index is -0.248. The van der Waals surface area contributed by atoms with Gasteiger partial charge < -0.3 is 10.6 Å². The van der Waals surface area contributed by atoms with Crippen molar-refractivity contribution in [3.05, 3.63) is 29.1 Å². The normalized spacial score (nSPS) is 19.4. The smallest absolute Gasteiger partial charge is 0.227 e. The Bertz CT molecular complexity index is 515. The largest absolute Gasteiger partial charge is 0.323 e. The first-order chi connectivity index (χ1) is 9.75. The minimum absolute atomic E-state index is 0.0296. The number of rotatable bonds is 2. The fourth-order valence-electron chi connectivity index (χ4n) is 2.82. The Morgan fingerprint density at radius 3 is 2.95 bits per heavy atom. The van der Waals surface area contributed by atoms with E-state index in [9.17, 15) is 9.18 Å². The molecule has 0 spiro atoms. The van der Waals surface area contributed by atoms with Crippen molar-refractivity contribution >= 4 is 23.4 Å². The summed E-state index contributed by atoms with van der Waals surface area (Å²) in [6.45, 7) is 1.50. The predicted molar refractivity (Wildman–Crippen MR) is 80.5 cm³/mol. The van der Waals surface area contributed by atoms with Gasteiger partial charge in [-0.1, -0.05) is 6.07 Å². The van der Waals surface area contributed by atoms with Crippen LogP contribution in [-0.4, -0.2) is 24.0 Å². The van der Waals surface area contributed by atoms with E-state index < -0.39 is 0 Å². The Morgan fingerprint density at radius 2 is 2.15 bits per heavy atom. The molecular weight excluding hydrogens is 275 g/mol. The SMILES string of the molecule is O=C(Nc1ccc2c(c1F)CCNC2)C1CCSCC1. The van der Waals surface area contributed by atoms with Gasteiger partial charge in [0.15, 0.2) is 0 Å². The molecule has 0 atom stereocenters. The lowest BCUT2D eigenvalue weighted by Crippen LogP contribution is -2.28. The summed E-state index contributed by atoms with van der Waals surface area (Å²) >= 11 is 1.88. The number of anilines is 1. The fourth-order valence-corrected chi connectivity index (χ4v) is 3.93. The molecule has 2 aliphatic heterocycles. The van der Waals surface area contributed by atoms with Gasteiger partial charge in [0, 0.05) is 12.5 Å². The second kappa shape index (κ2) is 6.14. The third-order valence-corrected chi connectivity index (χ3v) is 5.11. The first-order valence-electron chi connectivity index (χ1n) is 7.15. The molecular formula is C15H19FN2OS. The van der Waals surface area contributed by atoms with Crippen LogP contribution >= 0.6 is 11.8 Å². The summed E-state index contributed by atoms with van der Waals surface area (Å²) < 4.78 is 14.4. The van der Waals surface area contributed by atoms with Gasteiger partial charge in [-0.3, -0.25) is 4.79 Å². The first kappa shape index (κ1) is 13.9. The molecule has 3 rings (SSSR count). The second-order valence-electron chi connectivity index (χ2n) is 5.37. The Kier molecular flexibility index (Phi) is 4.27. The maximum absolute atomic E-state index is 14.4. The molecule has 2 aliphatic rings. The Morgan fingerprint density at radius 1 is 1.35 bits per heavy atom. The maximum atomic E-state index is 14.4. The molecule has 0 radical (unpaired) electrons. The van der Waals surface area contributed by atoms with Crippen LogP contribution in [0.3, 0.4) is 0 Å². The molecule has 0 aliphatic carbocycles. The average molecular weight is 294 g/mol. The highest BCUT2D eigenvalue weighted by atomic mass is 32.2. The molecule has 0 aromatic heterocycles. The van der Waals surface area contributed by atoms with Crippen LogP contribution in [-0.2, 0) is 17.8 Å². The molecule has 108 valence electrons. The zero-order valence-electron chi connectivity index (χ0n) is 11.4. The predicted octanol–water partition coefficient (Wildman–Crippen LogP) is 2.55. The molecule has 0 unspecified atom stereocenters. The number of hydrogen-bond acceptors (Lipinski definition) is 3. The lowest BCUT2D eigenvalue weighted by Gasteiger charge is -2.22. The van der Waals surface area contributed by atoms with Gasteiger partial charge in [0.25, 0.3) is 0 Å². The van der Waals surface area contributed by atoms with Crippen molar-refractivity contribution in [2.75, 3.05) is 23.4 Å². The zero-order chi connectivity index (χ0) is 13.9. The number of halogens is 1. The third-order valence-electron chi connectivity index (χ3n) is 4.06. The number of carbonyl (C=O) groups is 1. The number of nitrogens with one attached hydrogen (secondary N) is 2. The van der Waals surface area contributed by atoms with Crippen LogP contribution < -0.4 is 10.6 Å². The lowest BCUT2D eigenvalue weighted by atomic mass is 9.98. The topological polar surface area (TPSA) is 41.1 Å². The maximum Gasteiger partial charge on any atom is 0.227 e. The van der Waals surface area contributed by atoms with Gasteiger partial charge in [-0.25, -0.2) is 4.39 Å². The monoisotopic (exact) mass is 294 g/mol. The minimum Gasteiger partial charge on any atom is -0.323 e. The van der Waals surface area contributed by atoms with Gasteiger partial charge in [-0.05, 0) is 54.5 Å². The van der Waals surface area contributed by atoms with Gasteiger partial charge in [-0.2, -0.15) is 11.8 Å². The third kappa shape index (κ3) is 2.83. The molecule has 1 aromatic carbocycles.